The molecule has 3 rings (SSSR count). The summed E-state index contributed by atoms with van der Waals surface area (Å²) in [4.78, 5) is 33.9. The largest absolute Gasteiger partial charge is 0.332 e. The lowest BCUT2D eigenvalue weighted by Gasteiger charge is -2.13. The minimum atomic E-state index is -0.433. The minimum Gasteiger partial charge on any atom is -0.280 e. The molecule has 0 radical (unpaired) electrons. The van der Waals surface area contributed by atoms with E-state index in [4.69, 9.17) is 0 Å². The van der Waals surface area contributed by atoms with Crippen molar-refractivity contribution in [1.82, 2.24) is 19.1 Å². The fourth-order valence-electron chi connectivity index (χ4n) is 2.59. The average molecular weight is 374 g/mol. The lowest BCUT2D eigenvalue weighted by molar-refractivity contribution is 0.626. The summed E-state index contributed by atoms with van der Waals surface area (Å²) in [6.07, 6.45) is 0. The van der Waals surface area contributed by atoms with Crippen LogP contribution in [-0.2, 0) is 19.8 Å². The van der Waals surface area contributed by atoms with E-state index in [1.165, 1.54) is 35.5 Å². The SMILES string of the molecule is CC(C)c1nc(SCc2cccc(F)c2)c2c(=O)n(C)c(=O)n(C)c2n1. The third kappa shape index (κ3) is 3.29. The van der Waals surface area contributed by atoms with E-state index in [-0.39, 0.29) is 11.7 Å². The van der Waals surface area contributed by atoms with Crippen LogP contribution in [0.5, 0.6) is 0 Å². The van der Waals surface area contributed by atoms with E-state index >= 15 is 0 Å². The van der Waals surface area contributed by atoms with Gasteiger partial charge in [-0.2, -0.15) is 0 Å². The lowest BCUT2D eigenvalue weighted by atomic mass is 10.2. The summed E-state index contributed by atoms with van der Waals surface area (Å²) in [5.41, 5.74) is 0.241. The fourth-order valence-corrected chi connectivity index (χ4v) is 3.55. The molecule has 0 amide bonds. The molecule has 0 aliphatic rings. The molecule has 0 bridgehead atoms. The molecular formula is C18H19FN4O2S. The summed E-state index contributed by atoms with van der Waals surface area (Å²) in [6, 6.07) is 6.30. The first kappa shape index (κ1) is 18.3. The van der Waals surface area contributed by atoms with Gasteiger partial charge >= 0.3 is 5.69 Å². The van der Waals surface area contributed by atoms with Crippen molar-refractivity contribution in [3.8, 4) is 0 Å². The number of rotatable bonds is 4. The molecule has 3 aromatic rings. The van der Waals surface area contributed by atoms with Gasteiger partial charge in [-0.1, -0.05) is 26.0 Å². The highest BCUT2D eigenvalue weighted by molar-refractivity contribution is 7.98. The first-order valence-electron chi connectivity index (χ1n) is 8.14. The second-order valence-electron chi connectivity index (χ2n) is 6.36. The highest BCUT2D eigenvalue weighted by Crippen LogP contribution is 2.27. The van der Waals surface area contributed by atoms with Crippen molar-refractivity contribution in [3.63, 3.8) is 0 Å². The van der Waals surface area contributed by atoms with Gasteiger partial charge in [-0.05, 0) is 17.7 Å². The van der Waals surface area contributed by atoms with Gasteiger partial charge in [0.25, 0.3) is 5.56 Å². The van der Waals surface area contributed by atoms with Gasteiger partial charge in [-0.25, -0.2) is 19.2 Å². The molecule has 0 aliphatic heterocycles. The maximum Gasteiger partial charge on any atom is 0.332 e. The van der Waals surface area contributed by atoms with Crippen molar-refractivity contribution in [2.24, 2.45) is 14.1 Å². The van der Waals surface area contributed by atoms with Gasteiger partial charge in [-0.15, -0.1) is 11.8 Å². The summed E-state index contributed by atoms with van der Waals surface area (Å²) in [7, 11) is 3.02. The standard InChI is InChI=1S/C18H19FN4O2S/c1-10(2)14-20-15-13(17(24)23(4)18(25)22(15)3)16(21-14)26-9-11-6-5-7-12(19)8-11/h5-8,10H,9H2,1-4H3. The third-order valence-electron chi connectivity index (χ3n) is 4.07. The number of hydrogen-bond donors (Lipinski definition) is 0. The normalized spacial score (nSPS) is 11.5. The van der Waals surface area contributed by atoms with Crippen LogP contribution in [0.1, 0.15) is 31.2 Å². The summed E-state index contributed by atoms with van der Waals surface area (Å²) in [6.45, 7) is 3.89. The van der Waals surface area contributed by atoms with Crippen LogP contribution in [0.15, 0.2) is 38.9 Å². The smallest absolute Gasteiger partial charge is 0.280 e. The number of aryl methyl sites for hydroxylation is 1. The first-order valence-corrected chi connectivity index (χ1v) is 9.13. The number of hydrogen-bond acceptors (Lipinski definition) is 5. The number of halogens is 1. The Morgan fingerprint density at radius 3 is 2.54 bits per heavy atom. The molecule has 0 atom stereocenters. The topological polar surface area (TPSA) is 69.8 Å². The average Bonchev–Trinajstić information content (AvgIpc) is 2.62. The van der Waals surface area contributed by atoms with Crippen molar-refractivity contribution in [2.75, 3.05) is 0 Å². The summed E-state index contributed by atoms with van der Waals surface area (Å²) in [5.74, 6) is 0.735. The molecule has 2 aromatic heterocycles. The Labute approximate surface area is 153 Å². The van der Waals surface area contributed by atoms with E-state index in [0.717, 1.165) is 10.1 Å². The van der Waals surface area contributed by atoms with Gasteiger partial charge in [0.15, 0.2) is 5.65 Å². The fraction of sp³-hybridized carbons (Fsp3) is 0.333. The van der Waals surface area contributed by atoms with E-state index in [1.807, 2.05) is 19.9 Å². The Morgan fingerprint density at radius 1 is 1.15 bits per heavy atom. The molecule has 0 N–H and O–H groups in total. The number of benzene rings is 1. The van der Waals surface area contributed by atoms with Crippen LogP contribution < -0.4 is 11.2 Å². The molecule has 26 heavy (non-hydrogen) atoms. The maximum absolute atomic E-state index is 13.4. The lowest BCUT2D eigenvalue weighted by Crippen LogP contribution is -2.37. The van der Waals surface area contributed by atoms with Crippen molar-refractivity contribution in [3.05, 3.63) is 62.3 Å². The quantitative estimate of drug-likeness (QED) is 0.519. The van der Waals surface area contributed by atoms with E-state index in [0.29, 0.717) is 27.6 Å². The minimum absolute atomic E-state index is 0.0343. The molecule has 1 aromatic carbocycles. The van der Waals surface area contributed by atoms with E-state index in [9.17, 15) is 14.0 Å². The second-order valence-corrected chi connectivity index (χ2v) is 7.33. The Bertz CT molecular complexity index is 1100. The number of fused-ring (bicyclic) bond motifs is 1. The van der Waals surface area contributed by atoms with Crippen LogP contribution in [0.2, 0.25) is 0 Å². The van der Waals surface area contributed by atoms with Gasteiger partial charge in [0.1, 0.15) is 22.1 Å². The van der Waals surface area contributed by atoms with E-state index < -0.39 is 11.2 Å². The van der Waals surface area contributed by atoms with Crippen LogP contribution in [0, 0.1) is 5.82 Å². The van der Waals surface area contributed by atoms with E-state index in [2.05, 4.69) is 9.97 Å². The second kappa shape index (κ2) is 7.03. The number of aromatic nitrogens is 4. The molecular weight excluding hydrogens is 355 g/mol. The van der Waals surface area contributed by atoms with Crippen LogP contribution in [-0.4, -0.2) is 19.1 Å². The highest BCUT2D eigenvalue weighted by Gasteiger charge is 2.18. The molecule has 2 heterocycles. The third-order valence-corrected chi connectivity index (χ3v) is 5.11. The highest BCUT2D eigenvalue weighted by atomic mass is 32.2. The molecule has 6 nitrogen and oxygen atoms in total. The molecule has 0 unspecified atom stereocenters. The monoisotopic (exact) mass is 374 g/mol. The molecule has 136 valence electrons. The van der Waals surface area contributed by atoms with Crippen LogP contribution in [0.4, 0.5) is 4.39 Å². The number of thioether (sulfide) groups is 1. The molecule has 0 aliphatic carbocycles. The molecule has 0 spiro atoms. The number of nitrogens with zero attached hydrogens (tertiary/aromatic N) is 4. The van der Waals surface area contributed by atoms with Crippen LogP contribution in [0.3, 0.4) is 0 Å². The van der Waals surface area contributed by atoms with Crippen molar-refractivity contribution in [1.29, 1.82) is 0 Å². The predicted molar refractivity (Wildman–Crippen MR) is 100 cm³/mol. The maximum atomic E-state index is 13.4. The van der Waals surface area contributed by atoms with Gasteiger partial charge in [0.05, 0.1) is 0 Å². The Morgan fingerprint density at radius 2 is 1.88 bits per heavy atom. The molecule has 0 saturated heterocycles. The van der Waals surface area contributed by atoms with Crippen molar-refractivity contribution >= 4 is 22.8 Å². The molecule has 0 fully saturated rings. The Kier molecular flexibility index (Phi) is 4.95. The zero-order valence-electron chi connectivity index (χ0n) is 15.0. The van der Waals surface area contributed by atoms with Gasteiger partial charge in [0.2, 0.25) is 0 Å². The van der Waals surface area contributed by atoms with Gasteiger partial charge < -0.3 is 0 Å². The van der Waals surface area contributed by atoms with Crippen molar-refractivity contribution in [2.45, 2.75) is 30.5 Å². The molecule has 8 heteroatoms. The summed E-state index contributed by atoms with van der Waals surface area (Å²) < 4.78 is 15.8. The van der Waals surface area contributed by atoms with E-state index in [1.54, 1.807) is 13.1 Å². The van der Waals surface area contributed by atoms with Gasteiger partial charge in [0, 0.05) is 25.8 Å². The summed E-state index contributed by atoms with van der Waals surface area (Å²) >= 11 is 1.33. The Hall–Kier alpha value is -2.48. The predicted octanol–water partition coefficient (Wildman–Crippen LogP) is 2.58. The molecule has 0 saturated carbocycles. The summed E-state index contributed by atoms with van der Waals surface area (Å²) in [5, 5.41) is 0.805. The van der Waals surface area contributed by atoms with Crippen molar-refractivity contribution < 1.29 is 4.39 Å². The van der Waals surface area contributed by atoms with Crippen LogP contribution >= 0.6 is 11.8 Å². The van der Waals surface area contributed by atoms with Gasteiger partial charge in [-0.3, -0.25) is 13.9 Å². The Balaban J connectivity index is 2.19. The first-order chi connectivity index (χ1) is 12.3. The van der Waals surface area contributed by atoms with Crippen LogP contribution in [0.25, 0.3) is 11.0 Å². The zero-order valence-corrected chi connectivity index (χ0v) is 15.8. The zero-order chi connectivity index (χ0) is 19.0.